The van der Waals surface area contributed by atoms with Gasteiger partial charge in [-0.2, -0.15) is 0 Å². The molecule has 0 aromatic heterocycles. The predicted molar refractivity (Wildman–Crippen MR) is 61.1 cm³/mol. The van der Waals surface area contributed by atoms with E-state index in [4.69, 9.17) is 16.3 Å². The third-order valence-electron chi connectivity index (χ3n) is 3.04. The molecule has 0 bridgehead atoms. The van der Waals surface area contributed by atoms with Crippen LogP contribution in [-0.4, -0.2) is 43.5 Å². The first-order chi connectivity index (χ1) is 7.03. The van der Waals surface area contributed by atoms with Crippen LogP contribution in [0.5, 0.6) is 0 Å². The molecule has 1 fully saturated rings. The van der Waals surface area contributed by atoms with E-state index in [0.717, 1.165) is 6.42 Å². The maximum atomic E-state index is 12.0. The molecule has 0 saturated heterocycles. The van der Waals surface area contributed by atoms with Gasteiger partial charge in [-0.15, -0.1) is 11.6 Å². The molecule has 1 amide bonds. The minimum atomic E-state index is 0.189. The fraction of sp³-hybridized carbons (Fsp3) is 0.909. The zero-order valence-corrected chi connectivity index (χ0v) is 10.5. The molecule has 88 valence electrons. The summed E-state index contributed by atoms with van der Waals surface area (Å²) in [6.45, 7) is 6.11. The number of halogens is 1. The van der Waals surface area contributed by atoms with E-state index < -0.39 is 0 Å². The maximum absolute atomic E-state index is 12.0. The Morgan fingerprint density at radius 1 is 1.53 bits per heavy atom. The van der Waals surface area contributed by atoms with Gasteiger partial charge in [0.25, 0.3) is 0 Å². The molecule has 0 aromatic rings. The average Bonchev–Trinajstić information content (AvgIpc) is 2.81. The lowest BCUT2D eigenvalue weighted by Gasteiger charge is -2.22. The summed E-state index contributed by atoms with van der Waals surface area (Å²) in [5, 5.41) is 0. The Kier molecular flexibility index (Phi) is 4.41. The number of alkyl halides is 1. The summed E-state index contributed by atoms with van der Waals surface area (Å²) in [5.41, 5.74) is 0.189. The standard InChI is InChI=1S/C11H20ClNO2/c1-11(2)8-9(11)10(14)13(5-4-12)6-7-15-3/h9H,4-8H2,1-3H3. The smallest absolute Gasteiger partial charge is 0.226 e. The number of rotatable bonds is 6. The molecule has 3 nitrogen and oxygen atoms in total. The molecule has 1 aliphatic rings. The fourth-order valence-corrected chi connectivity index (χ4v) is 1.95. The van der Waals surface area contributed by atoms with Gasteiger partial charge >= 0.3 is 0 Å². The second-order valence-corrected chi connectivity index (χ2v) is 5.13. The quantitative estimate of drug-likeness (QED) is 0.655. The van der Waals surface area contributed by atoms with Crippen LogP contribution in [-0.2, 0) is 9.53 Å². The van der Waals surface area contributed by atoms with Crippen molar-refractivity contribution < 1.29 is 9.53 Å². The van der Waals surface area contributed by atoms with Crippen LogP contribution in [0.25, 0.3) is 0 Å². The number of carbonyl (C=O) groups is 1. The van der Waals surface area contributed by atoms with Crippen molar-refractivity contribution in [2.45, 2.75) is 20.3 Å². The zero-order valence-electron chi connectivity index (χ0n) is 9.75. The van der Waals surface area contributed by atoms with Crippen molar-refractivity contribution in [2.75, 3.05) is 32.7 Å². The zero-order chi connectivity index (χ0) is 11.5. The second kappa shape index (κ2) is 5.17. The summed E-state index contributed by atoms with van der Waals surface area (Å²) in [4.78, 5) is 13.8. The molecule has 15 heavy (non-hydrogen) atoms. The van der Waals surface area contributed by atoms with Crippen LogP contribution in [0.3, 0.4) is 0 Å². The third-order valence-corrected chi connectivity index (χ3v) is 3.21. The summed E-state index contributed by atoms with van der Waals surface area (Å²) < 4.78 is 4.98. The van der Waals surface area contributed by atoms with Gasteiger partial charge in [0.1, 0.15) is 0 Å². The van der Waals surface area contributed by atoms with Crippen LogP contribution in [0.1, 0.15) is 20.3 Å². The number of nitrogens with zero attached hydrogens (tertiary/aromatic N) is 1. The molecule has 0 N–H and O–H groups in total. The van der Waals surface area contributed by atoms with Crippen molar-refractivity contribution in [1.82, 2.24) is 4.90 Å². The van der Waals surface area contributed by atoms with Crippen molar-refractivity contribution in [1.29, 1.82) is 0 Å². The Bertz CT molecular complexity index is 231. The van der Waals surface area contributed by atoms with Crippen LogP contribution in [0.2, 0.25) is 0 Å². The number of ether oxygens (including phenoxy) is 1. The van der Waals surface area contributed by atoms with E-state index >= 15 is 0 Å². The van der Waals surface area contributed by atoms with Crippen molar-refractivity contribution >= 4 is 17.5 Å². The average molecular weight is 234 g/mol. The van der Waals surface area contributed by atoms with Gasteiger partial charge in [0, 0.05) is 32.0 Å². The number of methoxy groups -OCH3 is 1. The summed E-state index contributed by atoms with van der Waals surface area (Å²) in [6, 6.07) is 0. The molecule has 0 heterocycles. The van der Waals surface area contributed by atoms with E-state index in [1.165, 1.54) is 0 Å². The van der Waals surface area contributed by atoms with Crippen molar-refractivity contribution in [2.24, 2.45) is 11.3 Å². The van der Waals surface area contributed by atoms with Gasteiger partial charge < -0.3 is 9.64 Å². The lowest BCUT2D eigenvalue weighted by molar-refractivity contribution is -0.133. The van der Waals surface area contributed by atoms with Gasteiger partial charge in [-0.25, -0.2) is 0 Å². The van der Waals surface area contributed by atoms with Crippen LogP contribution in [0, 0.1) is 11.3 Å². The minimum Gasteiger partial charge on any atom is -0.383 e. The van der Waals surface area contributed by atoms with Gasteiger partial charge in [0.15, 0.2) is 0 Å². The minimum absolute atomic E-state index is 0.189. The first-order valence-corrected chi connectivity index (χ1v) is 5.90. The van der Waals surface area contributed by atoms with Crippen LogP contribution in [0.15, 0.2) is 0 Å². The van der Waals surface area contributed by atoms with Gasteiger partial charge in [-0.1, -0.05) is 13.8 Å². The van der Waals surface area contributed by atoms with Gasteiger partial charge in [-0.3, -0.25) is 4.79 Å². The maximum Gasteiger partial charge on any atom is 0.226 e. The largest absolute Gasteiger partial charge is 0.383 e. The van der Waals surface area contributed by atoms with E-state index in [1.54, 1.807) is 7.11 Å². The highest BCUT2D eigenvalue weighted by Crippen LogP contribution is 2.52. The molecule has 0 aromatic carbocycles. The van der Waals surface area contributed by atoms with Crippen molar-refractivity contribution in [3.63, 3.8) is 0 Å². The topological polar surface area (TPSA) is 29.5 Å². The molecule has 1 unspecified atom stereocenters. The molecular formula is C11H20ClNO2. The molecule has 4 heteroatoms. The summed E-state index contributed by atoms with van der Waals surface area (Å²) >= 11 is 5.68. The predicted octanol–water partition coefficient (Wildman–Crippen LogP) is 1.75. The van der Waals surface area contributed by atoms with E-state index in [-0.39, 0.29) is 17.2 Å². The van der Waals surface area contributed by atoms with E-state index in [2.05, 4.69) is 13.8 Å². The van der Waals surface area contributed by atoms with E-state index in [0.29, 0.717) is 25.6 Å². The molecule has 0 radical (unpaired) electrons. The van der Waals surface area contributed by atoms with Crippen LogP contribution in [0.4, 0.5) is 0 Å². The van der Waals surface area contributed by atoms with Gasteiger partial charge in [-0.05, 0) is 11.8 Å². The van der Waals surface area contributed by atoms with Crippen molar-refractivity contribution in [3.8, 4) is 0 Å². The van der Waals surface area contributed by atoms with Crippen molar-refractivity contribution in [3.05, 3.63) is 0 Å². The van der Waals surface area contributed by atoms with Crippen LogP contribution >= 0.6 is 11.6 Å². The molecular weight excluding hydrogens is 214 g/mol. The summed E-state index contributed by atoms with van der Waals surface area (Å²) in [7, 11) is 1.64. The monoisotopic (exact) mass is 233 g/mol. The highest BCUT2D eigenvalue weighted by Gasteiger charge is 2.51. The summed E-state index contributed by atoms with van der Waals surface area (Å²) in [6.07, 6.45) is 0.998. The Labute approximate surface area is 96.7 Å². The molecule has 0 spiro atoms. The highest BCUT2D eigenvalue weighted by molar-refractivity contribution is 6.18. The number of hydrogen-bond donors (Lipinski definition) is 0. The Morgan fingerprint density at radius 2 is 2.13 bits per heavy atom. The lowest BCUT2D eigenvalue weighted by atomic mass is 10.1. The molecule has 0 aliphatic heterocycles. The first kappa shape index (κ1) is 12.8. The van der Waals surface area contributed by atoms with Crippen LogP contribution < -0.4 is 0 Å². The third kappa shape index (κ3) is 3.35. The molecule has 1 saturated carbocycles. The Hall–Kier alpha value is -0.280. The molecule has 1 rings (SSSR count). The van der Waals surface area contributed by atoms with Gasteiger partial charge in [0.2, 0.25) is 5.91 Å². The van der Waals surface area contributed by atoms with E-state index in [9.17, 15) is 4.79 Å². The molecule has 1 aliphatic carbocycles. The second-order valence-electron chi connectivity index (χ2n) is 4.75. The number of hydrogen-bond acceptors (Lipinski definition) is 2. The Balaban J connectivity index is 2.45. The Morgan fingerprint density at radius 3 is 2.53 bits per heavy atom. The summed E-state index contributed by atoms with van der Waals surface area (Å²) in [5.74, 6) is 0.915. The number of carbonyl (C=O) groups excluding carboxylic acids is 1. The first-order valence-electron chi connectivity index (χ1n) is 5.36. The van der Waals surface area contributed by atoms with E-state index in [1.807, 2.05) is 4.90 Å². The fourth-order valence-electron chi connectivity index (χ4n) is 1.74. The molecule has 1 atom stereocenters. The van der Waals surface area contributed by atoms with Gasteiger partial charge in [0.05, 0.1) is 6.61 Å². The normalized spacial score (nSPS) is 22.5. The SMILES string of the molecule is COCCN(CCCl)C(=O)C1CC1(C)C. The number of amides is 1. The highest BCUT2D eigenvalue weighted by atomic mass is 35.5. The lowest BCUT2D eigenvalue weighted by Crippen LogP contribution is -2.37.